The first-order chi connectivity index (χ1) is 19.8. The molecule has 208 valence electrons. The summed E-state index contributed by atoms with van der Waals surface area (Å²) in [7, 11) is 4.63. The molecule has 1 N–H and O–H groups in total. The monoisotopic (exact) mass is 569 g/mol. The van der Waals surface area contributed by atoms with Crippen molar-refractivity contribution in [1.29, 1.82) is 0 Å². The van der Waals surface area contributed by atoms with Crippen LogP contribution in [0.2, 0.25) is 0 Å². The molecule has 1 amide bonds. The highest BCUT2D eigenvalue weighted by atomic mass is 32.1. The van der Waals surface area contributed by atoms with Crippen molar-refractivity contribution in [3.8, 4) is 33.9 Å². The Morgan fingerprint density at radius 2 is 1.61 bits per heavy atom. The van der Waals surface area contributed by atoms with Gasteiger partial charge >= 0.3 is 5.97 Å². The van der Waals surface area contributed by atoms with Gasteiger partial charge in [-0.05, 0) is 42.1 Å². The number of pyridine rings is 1. The lowest BCUT2D eigenvalue weighted by molar-refractivity contribution is -0.119. The number of carbonyl (C=O) groups is 2. The van der Waals surface area contributed by atoms with Crippen LogP contribution in [0.4, 0.5) is 5.13 Å². The third-order valence-corrected chi connectivity index (χ3v) is 7.36. The molecule has 0 spiro atoms. The fraction of sp³-hybridized carbons (Fsp3) is 0.161. The standard InChI is InChI=1S/C31H27N3O6S/c1-18-9-11-19(12-10-18)27-21-7-5-6-8-22(21)29(36)34(2)28(27)30(37)40-16-26(35)33-31-32-23(17-41-31)20-13-14-24(38-3)25(15-20)39-4/h5-15,17H,16H2,1-4H3,(H,32,33,35). The van der Waals surface area contributed by atoms with Crippen LogP contribution in [-0.4, -0.2) is 42.3 Å². The van der Waals surface area contributed by atoms with E-state index in [0.717, 1.165) is 16.7 Å². The van der Waals surface area contributed by atoms with Crippen molar-refractivity contribution in [3.63, 3.8) is 0 Å². The van der Waals surface area contributed by atoms with Gasteiger partial charge in [-0.15, -0.1) is 11.3 Å². The maximum absolute atomic E-state index is 13.4. The largest absolute Gasteiger partial charge is 0.493 e. The van der Waals surface area contributed by atoms with Crippen LogP contribution in [-0.2, 0) is 16.6 Å². The number of methoxy groups -OCH3 is 2. The summed E-state index contributed by atoms with van der Waals surface area (Å²) in [5, 5.41) is 5.91. The number of aromatic nitrogens is 2. The van der Waals surface area contributed by atoms with E-state index in [1.807, 2.05) is 43.3 Å². The second-order valence-electron chi connectivity index (χ2n) is 9.23. The molecular formula is C31H27N3O6S. The normalized spacial score (nSPS) is 10.8. The van der Waals surface area contributed by atoms with Crippen molar-refractivity contribution in [2.75, 3.05) is 26.1 Å². The molecular weight excluding hydrogens is 542 g/mol. The second kappa shape index (κ2) is 11.6. The molecule has 0 aliphatic heterocycles. The van der Waals surface area contributed by atoms with Gasteiger partial charge < -0.3 is 18.8 Å². The number of nitrogens with one attached hydrogen (secondary N) is 1. The van der Waals surface area contributed by atoms with Gasteiger partial charge in [-0.3, -0.25) is 14.9 Å². The van der Waals surface area contributed by atoms with Gasteiger partial charge in [0.05, 0.1) is 19.9 Å². The van der Waals surface area contributed by atoms with Gasteiger partial charge in [0.1, 0.15) is 5.69 Å². The van der Waals surface area contributed by atoms with E-state index in [1.54, 1.807) is 49.9 Å². The van der Waals surface area contributed by atoms with Gasteiger partial charge in [0.15, 0.2) is 23.2 Å². The molecule has 0 aliphatic carbocycles. The van der Waals surface area contributed by atoms with Crippen molar-refractivity contribution < 1.29 is 23.8 Å². The lowest BCUT2D eigenvalue weighted by atomic mass is 9.96. The number of hydrogen-bond donors (Lipinski definition) is 1. The van der Waals surface area contributed by atoms with E-state index in [2.05, 4.69) is 10.3 Å². The Morgan fingerprint density at radius 3 is 2.32 bits per heavy atom. The Bertz CT molecular complexity index is 1820. The number of ether oxygens (including phenoxy) is 3. The molecule has 2 heterocycles. The summed E-state index contributed by atoms with van der Waals surface area (Å²) < 4.78 is 17.3. The van der Waals surface area contributed by atoms with Crippen molar-refractivity contribution in [1.82, 2.24) is 9.55 Å². The number of benzene rings is 3. The van der Waals surface area contributed by atoms with Crippen LogP contribution in [0.5, 0.6) is 11.5 Å². The summed E-state index contributed by atoms with van der Waals surface area (Å²) in [6.45, 7) is 1.41. The zero-order chi connectivity index (χ0) is 29.1. The molecule has 5 rings (SSSR count). The predicted octanol–water partition coefficient (Wildman–Crippen LogP) is 5.45. The molecule has 2 aromatic heterocycles. The summed E-state index contributed by atoms with van der Waals surface area (Å²) in [5.74, 6) is -0.194. The molecule has 41 heavy (non-hydrogen) atoms. The first kappa shape index (κ1) is 27.6. The minimum Gasteiger partial charge on any atom is -0.493 e. The Labute approximate surface area is 240 Å². The number of hydrogen-bond acceptors (Lipinski definition) is 8. The molecule has 5 aromatic rings. The fourth-order valence-electron chi connectivity index (χ4n) is 4.53. The molecule has 9 nitrogen and oxygen atoms in total. The number of anilines is 1. The van der Waals surface area contributed by atoms with Crippen LogP contribution in [0.25, 0.3) is 33.2 Å². The van der Waals surface area contributed by atoms with Crippen LogP contribution in [0.3, 0.4) is 0 Å². The molecule has 0 bridgehead atoms. The lowest BCUT2D eigenvalue weighted by Crippen LogP contribution is -2.28. The van der Waals surface area contributed by atoms with Crippen LogP contribution in [0.1, 0.15) is 16.1 Å². The minimum absolute atomic E-state index is 0.0651. The number of fused-ring (bicyclic) bond motifs is 1. The summed E-state index contributed by atoms with van der Waals surface area (Å²) in [6.07, 6.45) is 0. The zero-order valence-corrected chi connectivity index (χ0v) is 23.7. The van der Waals surface area contributed by atoms with Gasteiger partial charge in [-0.25, -0.2) is 9.78 Å². The summed E-state index contributed by atoms with van der Waals surface area (Å²) in [5.41, 5.74) is 3.52. The van der Waals surface area contributed by atoms with Crippen molar-refractivity contribution in [2.24, 2.45) is 7.05 Å². The van der Waals surface area contributed by atoms with Crippen LogP contribution in [0.15, 0.2) is 76.9 Å². The van der Waals surface area contributed by atoms with Gasteiger partial charge in [-0.1, -0.05) is 48.0 Å². The average Bonchev–Trinajstić information content (AvgIpc) is 3.46. The number of nitrogens with zero attached hydrogens (tertiary/aromatic N) is 2. The SMILES string of the molecule is COc1ccc(-c2csc(NC(=O)COC(=O)c3c(-c4ccc(C)cc4)c4ccccc4c(=O)n3C)n2)cc1OC. The van der Waals surface area contributed by atoms with Crippen LogP contribution < -0.4 is 20.3 Å². The predicted molar refractivity (Wildman–Crippen MR) is 159 cm³/mol. The van der Waals surface area contributed by atoms with Gasteiger partial charge in [0.25, 0.3) is 11.5 Å². The van der Waals surface area contributed by atoms with Crippen LogP contribution >= 0.6 is 11.3 Å². The van der Waals surface area contributed by atoms with Crippen molar-refractivity contribution in [2.45, 2.75) is 6.92 Å². The minimum atomic E-state index is -0.786. The summed E-state index contributed by atoms with van der Waals surface area (Å²) >= 11 is 1.23. The third kappa shape index (κ3) is 5.55. The maximum Gasteiger partial charge on any atom is 0.356 e. The van der Waals surface area contributed by atoms with Gasteiger partial charge in [-0.2, -0.15) is 0 Å². The van der Waals surface area contributed by atoms with E-state index in [4.69, 9.17) is 14.2 Å². The molecule has 0 atom stereocenters. The number of rotatable bonds is 8. The number of thiazole rings is 1. The van der Waals surface area contributed by atoms with E-state index < -0.39 is 18.5 Å². The lowest BCUT2D eigenvalue weighted by Gasteiger charge is -2.17. The Morgan fingerprint density at radius 1 is 0.927 bits per heavy atom. The quantitative estimate of drug-likeness (QED) is 0.248. The smallest absolute Gasteiger partial charge is 0.356 e. The fourth-order valence-corrected chi connectivity index (χ4v) is 5.27. The van der Waals surface area contributed by atoms with E-state index in [0.29, 0.717) is 38.7 Å². The Balaban J connectivity index is 1.36. The van der Waals surface area contributed by atoms with Gasteiger partial charge in [0.2, 0.25) is 0 Å². The van der Waals surface area contributed by atoms with Crippen LogP contribution in [0, 0.1) is 6.92 Å². The second-order valence-corrected chi connectivity index (χ2v) is 10.1. The number of esters is 1. The average molecular weight is 570 g/mol. The highest BCUT2D eigenvalue weighted by Gasteiger charge is 2.24. The molecule has 0 aliphatic rings. The topological polar surface area (TPSA) is 109 Å². The molecule has 0 saturated heterocycles. The molecule has 0 radical (unpaired) electrons. The first-order valence-electron chi connectivity index (χ1n) is 12.6. The number of aryl methyl sites for hydroxylation is 1. The summed E-state index contributed by atoms with van der Waals surface area (Å²) in [6, 6.07) is 20.2. The molecule has 0 saturated carbocycles. The number of carbonyl (C=O) groups excluding carboxylic acids is 2. The highest BCUT2D eigenvalue weighted by molar-refractivity contribution is 7.14. The molecule has 0 unspecified atom stereocenters. The zero-order valence-electron chi connectivity index (χ0n) is 22.9. The first-order valence-corrected chi connectivity index (χ1v) is 13.5. The van der Waals surface area contributed by atoms with E-state index in [-0.39, 0.29) is 11.3 Å². The summed E-state index contributed by atoms with van der Waals surface area (Å²) in [4.78, 5) is 43.7. The highest BCUT2D eigenvalue weighted by Crippen LogP contribution is 2.34. The van der Waals surface area contributed by atoms with Crippen molar-refractivity contribution in [3.05, 3.63) is 93.7 Å². The Kier molecular flexibility index (Phi) is 7.84. The van der Waals surface area contributed by atoms with E-state index in [9.17, 15) is 14.4 Å². The molecule has 10 heteroatoms. The van der Waals surface area contributed by atoms with E-state index >= 15 is 0 Å². The van der Waals surface area contributed by atoms with Crippen molar-refractivity contribution >= 4 is 39.1 Å². The third-order valence-electron chi connectivity index (χ3n) is 6.60. The van der Waals surface area contributed by atoms with E-state index in [1.165, 1.54) is 23.0 Å². The molecule has 0 fully saturated rings. The number of amides is 1. The maximum atomic E-state index is 13.4. The van der Waals surface area contributed by atoms with Gasteiger partial charge in [0, 0.05) is 28.9 Å². The molecule has 3 aromatic carbocycles. The Hall–Kier alpha value is -4.96.